The summed E-state index contributed by atoms with van der Waals surface area (Å²) in [6, 6.07) is 1.10. The molecule has 1 aromatic rings. The van der Waals surface area contributed by atoms with Gasteiger partial charge in [-0.1, -0.05) is 11.6 Å². The molecular weight excluding hydrogens is 242 g/mol. The van der Waals surface area contributed by atoms with E-state index in [0.717, 1.165) is 13.2 Å². The molecule has 1 rings (SSSR count). The van der Waals surface area contributed by atoms with Crippen LogP contribution in [-0.4, -0.2) is 18.1 Å². The Labute approximate surface area is 94.7 Å². The lowest BCUT2D eigenvalue weighted by molar-refractivity contribution is 0.0593. The second kappa shape index (κ2) is 4.89. The standard InChI is InChI=1S/C9H7ClF2N2O2/c1-16-9(15)8-7(4(12)3-11)5(13)2-6(10)14-8/h2-3H,1H3,(H2,13,14)/b4-3-. The Morgan fingerprint density at radius 1 is 1.69 bits per heavy atom. The van der Waals surface area contributed by atoms with Gasteiger partial charge < -0.3 is 10.5 Å². The number of halogens is 3. The molecule has 0 aliphatic rings. The zero-order valence-corrected chi connectivity index (χ0v) is 8.89. The van der Waals surface area contributed by atoms with Crippen molar-refractivity contribution >= 4 is 29.1 Å². The average Bonchev–Trinajstić information content (AvgIpc) is 2.26. The van der Waals surface area contributed by atoms with Crippen molar-refractivity contribution in [3.63, 3.8) is 0 Å². The smallest absolute Gasteiger partial charge is 0.357 e. The molecule has 0 saturated carbocycles. The molecule has 2 N–H and O–H groups in total. The van der Waals surface area contributed by atoms with E-state index in [1.54, 1.807) is 0 Å². The van der Waals surface area contributed by atoms with Gasteiger partial charge in [-0.05, 0) is 6.07 Å². The van der Waals surface area contributed by atoms with E-state index >= 15 is 0 Å². The minimum absolute atomic E-state index is 0.117. The summed E-state index contributed by atoms with van der Waals surface area (Å²) in [4.78, 5) is 14.8. The van der Waals surface area contributed by atoms with Crippen LogP contribution < -0.4 is 5.73 Å². The summed E-state index contributed by atoms with van der Waals surface area (Å²) < 4.78 is 29.6. The third-order valence-electron chi connectivity index (χ3n) is 1.73. The van der Waals surface area contributed by atoms with Gasteiger partial charge in [-0.2, -0.15) is 0 Å². The Bertz CT molecular complexity index is 463. The summed E-state index contributed by atoms with van der Waals surface area (Å²) in [5.74, 6) is -2.27. The van der Waals surface area contributed by atoms with Crippen molar-refractivity contribution in [2.45, 2.75) is 0 Å². The first-order chi connectivity index (χ1) is 7.51. The van der Waals surface area contributed by atoms with Crippen LogP contribution in [0.2, 0.25) is 5.15 Å². The Hall–Kier alpha value is -1.69. The summed E-state index contributed by atoms with van der Waals surface area (Å²) in [5.41, 5.74) is 4.26. The number of methoxy groups -OCH3 is 1. The number of hydrogen-bond acceptors (Lipinski definition) is 4. The molecule has 0 unspecified atom stereocenters. The van der Waals surface area contributed by atoms with E-state index in [9.17, 15) is 13.6 Å². The third-order valence-corrected chi connectivity index (χ3v) is 1.93. The lowest BCUT2D eigenvalue weighted by Crippen LogP contribution is -2.10. The number of carbonyl (C=O) groups is 1. The summed E-state index contributed by atoms with van der Waals surface area (Å²) in [6.45, 7) is 0. The van der Waals surface area contributed by atoms with Gasteiger partial charge in [0.25, 0.3) is 0 Å². The van der Waals surface area contributed by atoms with Gasteiger partial charge in [-0.25, -0.2) is 18.6 Å². The van der Waals surface area contributed by atoms with Gasteiger partial charge >= 0.3 is 5.97 Å². The van der Waals surface area contributed by atoms with Crippen LogP contribution in [-0.2, 0) is 4.74 Å². The molecule has 1 aromatic heterocycles. The molecule has 0 aliphatic carbocycles. The lowest BCUT2D eigenvalue weighted by atomic mass is 10.1. The highest BCUT2D eigenvalue weighted by molar-refractivity contribution is 6.30. The van der Waals surface area contributed by atoms with Crippen LogP contribution in [0, 0.1) is 0 Å². The fraction of sp³-hybridized carbons (Fsp3) is 0.111. The highest BCUT2D eigenvalue weighted by Crippen LogP contribution is 2.28. The van der Waals surface area contributed by atoms with Gasteiger partial charge in [-0.3, -0.25) is 0 Å². The molecule has 0 bridgehead atoms. The first-order valence-corrected chi connectivity index (χ1v) is 4.39. The molecule has 0 fully saturated rings. The highest BCUT2D eigenvalue weighted by Gasteiger charge is 2.21. The minimum atomic E-state index is -1.32. The van der Waals surface area contributed by atoms with Gasteiger partial charge in [0.2, 0.25) is 0 Å². The fourth-order valence-electron chi connectivity index (χ4n) is 1.08. The number of hydrogen-bond donors (Lipinski definition) is 1. The van der Waals surface area contributed by atoms with Gasteiger partial charge in [0, 0.05) is 5.69 Å². The summed E-state index contributed by atoms with van der Waals surface area (Å²) in [6.07, 6.45) is -0.326. The number of nitrogens with zero attached hydrogens (tertiary/aromatic N) is 1. The van der Waals surface area contributed by atoms with Crippen LogP contribution in [0.3, 0.4) is 0 Å². The summed E-state index contributed by atoms with van der Waals surface area (Å²) in [5, 5.41) is -0.117. The van der Waals surface area contributed by atoms with Crippen LogP contribution in [0.1, 0.15) is 16.1 Å². The van der Waals surface area contributed by atoms with E-state index in [2.05, 4.69) is 9.72 Å². The van der Waals surface area contributed by atoms with E-state index in [4.69, 9.17) is 17.3 Å². The number of ether oxygens (including phenoxy) is 1. The number of pyridine rings is 1. The van der Waals surface area contributed by atoms with Gasteiger partial charge in [0.1, 0.15) is 11.5 Å². The van der Waals surface area contributed by atoms with Crippen molar-refractivity contribution in [2.75, 3.05) is 12.8 Å². The number of carbonyl (C=O) groups excluding carboxylic acids is 1. The number of anilines is 1. The van der Waals surface area contributed by atoms with Crippen molar-refractivity contribution in [3.8, 4) is 0 Å². The Balaban J connectivity index is 3.50. The molecule has 0 amide bonds. The Morgan fingerprint density at radius 3 is 2.81 bits per heavy atom. The molecule has 0 radical (unpaired) electrons. The topological polar surface area (TPSA) is 65.2 Å². The van der Waals surface area contributed by atoms with Crippen molar-refractivity contribution in [2.24, 2.45) is 0 Å². The normalized spacial score (nSPS) is 11.4. The zero-order chi connectivity index (χ0) is 12.3. The van der Waals surface area contributed by atoms with Crippen molar-refractivity contribution in [3.05, 3.63) is 28.8 Å². The molecule has 86 valence electrons. The maximum atomic E-state index is 13.1. The van der Waals surface area contributed by atoms with E-state index in [1.165, 1.54) is 0 Å². The van der Waals surface area contributed by atoms with E-state index in [0.29, 0.717) is 0 Å². The number of nitrogens with two attached hydrogens (primary N) is 1. The minimum Gasteiger partial charge on any atom is -0.464 e. The largest absolute Gasteiger partial charge is 0.464 e. The van der Waals surface area contributed by atoms with E-state index < -0.39 is 23.1 Å². The van der Waals surface area contributed by atoms with Crippen LogP contribution in [0.4, 0.5) is 14.5 Å². The fourth-order valence-corrected chi connectivity index (χ4v) is 1.28. The second-order valence-corrected chi connectivity index (χ2v) is 3.09. The predicted molar refractivity (Wildman–Crippen MR) is 55.2 cm³/mol. The summed E-state index contributed by atoms with van der Waals surface area (Å²) >= 11 is 5.54. The lowest BCUT2D eigenvalue weighted by Gasteiger charge is -2.08. The van der Waals surface area contributed by atoms with Crippen molar-refractivity contribution in [1.29, 1.82) is 0 Å². The maximum absolute atomic E-state index is 13.1. The molecule has 7 heteroatoms. The van der Waals surface area contributed by atoms with Gasteiger partial charge in [0.15, 0.2) is 11.5 Å². The number of rotatable bonds is 2. The average molecular weight is 249 g/mol. The monoisotopic (exact) mass is 248 g/mol. The highest BCUT2D eigenvalue weighted by atomic mass is 35.5. The Kier molecular flexibility index (Phi) is 3.78. The molecule has 16 heavy (non-hydrogen) atoms. The van der Waals surface area contributed by atoms with E-state index in [-0.39, 0.29) is 17.2 Å². The molecule has 0 aliphatic heterocycles. The SMILES string of the molecule is COC(=O)c1nc(Cl)cc(N)c1/C(F)=C/F. The zero-order valence-electron chi connectivity index (χ0n) is 8.13. The number of aromatic nitrogens is 1. The number of esters is 1. The van der Waals surface area contributed by atoms with Crippen LogP contribution in [0.15, 0.2) is 12.4 Å². The quantitative estimate of drug-likeness (QED) is 0.644. The molecule has 0 atom stereocenters. The molecule has 0 saturated heterocycles. The first-order valence-electron chi connectivity index (χ1n) is 4.01. The van der Waals surface area contributed by atoms with Crippen molar-refractivity contribution < 1.29 is 18.3 Å². The maximum Gasteiger partial charge on any atom is 0.357 e. The van der Waals surface area contributed by atoms with Crippen LogP contribution in [0.5, 0.6) is 0 Å². The summed E-state index contributed by atoms with van der Waals surface area (Å²) in [7, 11) is 1.07. The Morgan fingerprint density at radius 2 is 2.31 bits per heavy atom. The van der Waals surface area contributed by atoms with E-state index in [1.807, 2.05) is 0 Å². The predicted octanol–water partition coefficient (Wildman–Crippen LogP) is 2.34. The first kappa shape index (κ1) is 12.4. The third kappa shape index (κ3) is 2.27. The van der Waals surface area contributed by atoms with Gasteiger partial charge in [-0.15, -0.1) is 0 Å². The van der Waals surface area contributed by atoms with Crippen LogP contribution in [0.25, 0.3) is 5.83 Å². The molecule has 1 heterocycles. The molecule has 4 nitrogen and oxygen atoms in total. The van der Waals surface area contributed by atoms with Crippen molar-refractivity contribution in [1.82, 2.24) is 4.98 Å². The second-order valence-electron chi connectivity index (χ2n) is 2.71. The molecule has 0 aromatic carbocycles. The van der Waals surface area contributed by atoms with Gasteiger partial charge in [0.05, 0.1) is 12.7 Å². The molecular formula is C9H7ClF2N2O2. The molecule has 0 spiro atoms. The number of nitrogen functional groups attached to an aromatic ring is 1. The van der Waals surface area contributed by atoms with Crippen LogP contribution >= 0.6 is 11.6 Å².